The van der Waals surface area contributed by atoms with Crippen LogP contribution in [0.25, 0.3) is 0 Å². The Morgan fingerprint density at radius 1 is 0.921 bits per heavy atom. The Bertz CT molecular complexity index is 1230. The summed E-state index contributed by atoms with van der Waals surface area (Å²) in [5.41, 5.74) is 0.436. The summed E-state index contributed by atoms with van der Waals surface area (Å²) in [5, 5.41) is 2.70. The predicted molar refractivity (Wildman–Crippen MR) is 133 cm³/mol. The van der Waals surface area contributed by atoms with Crippen LogP contribution in [-0.4, -0.2) is 60.6 Å². The molecule has 4 aliphatic rings. The largest absolute Gasteiger partial charge is 0.440 e. The fourth-order valence-electron chi connectivity index (χ4n) is 6.20. The zero-order valence-corrected chi connectivity index (χ0v) is 20.7. The molecule has 0 bridgehead atoms. The highest BCUT2D eigenvalue weighted by molar-refractivity contribution is 5.98. The maximum atomic E-state index is 13.7. The predicted octanol–water partition coefficient (Wildman–Crippen LogP) is 2.64. The van der Waals surface area contributed by atoms with Crippen molar-refractivity contribution < 1.29 is 33.0 Å². The minimum absolute atomic E-state index is 0.00298. The first-order chi connectivity index (χ1) is 18.4. The molecule has 9 nitrogen and oxygen atoms in total. The summed E-state index contributed by atoms with van der Waals surface area (Å²) in [6.45, 7) is 2.36. The lowest BCUT2D eigenvalue weighted by Crippen LogP contribution is -2.64. The van der Waals surface area contributed by atoms with Gasteiger partial charge in [0.15, 0.2) is 0 Å². The minimum Gasteiger partial charge on any atom is -0.382 e. The molecule has 3 fully saturated rings. The van der Waals surface area contributed by atoms with Crippen molar-refractivity contribution in [2.75, 3.05) is 31.2 Å². The number of esters is 2. The first-order valence-electron chi connectivity index (χ1n) is 12.8. The van der Waals surface area contributed by atoms with Crippen LogP contribution in [0, 0.1) is 11.7 Å². The smallest absolute Gasteiger partial charge is 0.382 e. The number of piperidine rings is 1. The lowest BCUT2D eigenvalue weighted by atomic mass is 9.82. The Morgan fingerprint density at radius 3 is 2.18 bits per heavy atom. The Hall–Kier alpha value is -3.76. The second-order valence-electron chi connectivity index (χ2n) is 10.1. The quantitative estimate of drug-likeness (QED) is 0.614. The summed E-state index contributed by atoms with van der Waals surface area (Å²) < 4.78 is 30.6. The van der Waals surface area contributed by atoms with Crippen molar-refractivity contribution >= 4 is 23.5 Å². The number of anilines is 1. The van der Waals surface area contributed by atoms with Crippen LogP contribution in [0.1, 0.15) is 30.9 Å². The number of rotatable bonds is 4. The van der Waals surface area contributed by atoms with Gasteiger partial charge in [-0.2, -0.15) is 0 Å². The van der Waals surface area contributed by atoms with Gasteiger partial charge in [0.25, 0.3) is 5.91 Å². The summed E-state index contributed by atoms with van der Waals surface area (Å²) in [6, 6.07) is 13.5. The number of nitrogens with one attached hydrogen (secondary N) is 1. The molecular weight excluding hydrogens is 493 g/mol. The summed E-state index contributed by atoms with van der Waals surface area (Å²) in [5.74, 6) is -2.04. The number of carbonyl (C=O) groups excluding carboxylic acids is 3. The van der Waals surface area contributed by atoms with Crippen LogP contribution in [0.2, 0.25) is 0 Å². The molecule has 198 valence electrons. The number of para-hydroxylation sites is 1. The van der Waals surface area contributed by atoms with Gasteiger partial charge in [-0.1, -0.05) is 30.3 Å². The van der Waals surface area contributed by atoms with E-state index in [-0.39, 0.29) is 23.7 Å². The fourth-order valence-corrected chi connectivity index (χ4v) is 6.20. The number of ether oxygens (including phenoxy) is 3. The fraction of sp³-hybridized carbons (Fsp3) is 0.393. The third kappa shape index (κ3) is 4.13. The summed E-state index contributed by atoms with van der Waals surface area (Å²) >= 11 is 0. The summed E-state index contributed by atoms with van der Waals surface area (Å²) in [4.78, 5) is 42.6. The van der Waals surface area contributed by atoms with E-state index in [9.17, 15) is 18.8 Å². The molecule has 6 rings (SSSR count). The SMILES string of the molecule is O=C1C=CC(=O)OC2(NC(=O)C3(CCN(C(c4ccc(F)cc4)C4CCOC4)CC3)N2c2ccccc2)O1. The molecule has 2 unspecified atom stereocenters. The molecule has 0 aliphatic carbocycles. The first kappa shape index (κ1) is 24.6. The first-order valence-corrected chi connectivity index (χ1v) is 12.8. The highest BCUT2D eigenvalue weighted by Crippen LogP contribution is 2.46. The van der Waals surface area contributed by atoms with Gasteiger partial charge < -0.3 is 14.2 Å². The van der Waals surface area contributed by atoms with Crippen LogP contribution >= 0.6 is 0 Å². The van der Waals surface area contributed by atoms with Crippen LogP contribution in [0.4, 0.5) is 10.1 Å². The molecule has 4 aliphatic heterocycles. The van der Waals surface area contributed by atoms with Gasteiger partial charge in [-0.3, -0.25) is 19.9 Å². The normalized spacial score (nSPS) is 25.2. The lowest BCUT2D eigenvalue weighted by molar-refractivity contribution is -0.226. The van der Waals surface area contributed by atoms with Crippen molar-refractivity contribution in [3.63, 3.8) is 0 Å². The van der Waals surface area contributed by atoms with E-state index in [1.54, 1.807) is 29.2 Å². The number of benzene rings is 2. The van der Waals surface area contributed by atoms with E-state index in [0.29, 0.717) is 44.8 Å². The van der Waals surface area contributed by atoms with Gasteiger partial charge in [0.05, 0.1) is 6.61 Å². The molecule has 2 atom stereocenters. The van der Waals surface area contributed by atoms with Crippen LogP contribution in [0.3, 0.4) is 0 Å². The van der Waals surface area contributed by atoms with E-state index in [1.807, 2.05) is 18.2 Å². The van der Waals surface area contributed by atoms with E-state index < -0.39 is 23.5 Å². The van der Waals surface area contributed by atoms with Crippen LogP contribution in [0.15, 0.2) is 66.7 Å². The van der Waals surface area contributed by atoms with Gasteiger partial charge >= 0.3 is 18.0 Å². The molecule has 2 spiro atoms. The number of hydrogen-bond acceptors (Lipinski definition) is 8. The molecule has 1 amide bonds. The Labute approximate surface area is 219 Å². The molecule has 2 aromatic rings. The monoisotopic (exact) mass is 521 g/mol. The Kier molecular flexibility index (Phi) is 6.16. The zero-order chi connectivity index (χ0) is 26.3. The number of hydrogen-bond donors (Lipinski definition) is 1. The Balaban J connectivity index is 1.34. The van der Waals surface area contributed by atoms with Crippen molar-refractivity contribution in [2.45, 2.75) is 36.9 Å². The van der Waals surface area contributed by atoms with Gasteiger partial charge in [0.2, 0.25) is 0 Å². The summed E-state index contributed by atoms with van der Waals surface area (Å²) in [6.07, 6.45) is 3.61. The second-order valence-corrected chi connectivity index (χ2v) is 10.1. The average Bonchev–Trinajstić information content (AvgIpc) is 3.47. The molecular formula is C28H28FN3O6. The maximum absolute atomic E-state index is 13.7. The molecule has 1 N–H and O–H groups in total. The van der Waals surface area contributed by atoms with E-state index >= 15 is 0 Å². The van der Waals surface area contributed by atoms with Crippen LogP contribution in [-0.2, 0) is 28.6 Å². The van der Waals surface area contributed by atoms with Gasteiger partial charge in [-0.15, -0.1) is 0 Å². The zero-order valence-electron chi connectivity index (χ0n) is 20.7. The standard InChI is InChI=1S/C28H28FN3O6/c29-21-8-6-19(7-9-21)25(20-12-17-36-18-20)31-15-13-27(14-16-31)26(35)30-28(32(27)22-4-2-1-3-5-22)37-23(33)10-11-24(34)38-28/h1-11,20,25H,12-18H2,(H,30,35). The van der Waals surface area contributed by atoms with Crippen LogP contribution < -0.4 is 10.2 Å². The third-order valence-electron chi connectivity index (χ3n) is 7.91. The van der Waals surface area contributed by atoms with Gasteiger partial charge in [-0.25, -0.2) is 14.0 Å². The topological polar surface area (TPSA) is 97.4 Å². The highest BCUT2D eigenvalue weighted by atomic mass is 19.1. The molecule has 10 heteroatoms. The second kappa shape index (κ2) is 9.52. The molecule has 2 aromatic carbocycles. The van der Waals surface area contributed by atoms with E-state index in [0.717, 1.165) is 24.1 Å². The van der Waals surface area contributed by atoms with Crippen molar-refractivity contribution in [3.8, 4) is 0 Å². The lowest BCUT2D eigenvalue weighted by Gasteiger charge is -2.48. The maximum Gasteiger partial charge on any atom is 0.440 e. The Morgan fingerprint density at radius 2 is 1.58 bits per heavy atom. The van der Waals surface area contributed by atoms with Gasteiger partial charge in [0.1, 0.15) is 11.4 Å². The number of amides is 1. The number of likely N-dealkylation sites (tertiary alicyclic amines) is 1. The molecule has 0 saturated carbocycles. The summed E-state index contributed by atoms with van der Waals surface area (Å²) in [7, 11) is 0. The van der Waals surface area contributed by atoms with Gasteiger partial charge in [-0.05, 0) is 49.1 Å². The number of carbonyl (C=O) groups is 3. The minimum atomic E-state index is -2.10. The molecule has 38 heavy (non-hydrogen) atoms. The number of halogens is 1. The van der Waals surface area contributed by atoms with Crippen molar-refractivity contribution in [1.29, 1.82) is 0 Å². The average molecular weight is 522 g/mol. The van der Waals surface area contributed by atoms with Crippen molar-refractivity contribution in [3.05, 3.63) is 78.1 Å². The van der Waals surface area contributed by atoms with Gasteiger partial charge in [0, 0.05) is 49.5 Å². The highest BCUT2D eigenvalue weighted by Gasteiger charge is 2.66. The van der Waals surface area contributed by atoms with Crippen molar-refractivity contribution in [1.82, 2.24) is 10.2 Å². The number of nitrogens with zero attached hydrogens (tertiary/aromatic N) is 2. The molecule has 4 heterocycles. The molecule has 3 saturated heterocycles. The third-order valence-corrected chi connectivity index (χ3v) is 7.91. The molecule has 0 radical (unpaired) electrons. The van der Waals surface area contributed by atoms with E-state index in [4.69, 9.17) is 14.2 Å². The van der Waals surface area contributed by atoms with Crippen molar-refractivity contribution in [2.24, 2.45) is 5.92 Å². The molecule has 0 aromatic heterocycles. The van der Waals surface area contributed by atoms with E-state index in [1.165, 1.54) is 12.1 Å². The van der Waals surface area contributed by atoms with E-state index in [2.05, 4.69) is 10.2 Å². The van der Waals surface area contributed by atoms with Crippen LogP contribution in [0.5, 0.6) is 0 Å².